The van der Waals surface area contributed by atoms with Crippen LogP contribution in [0.5, 0.6) is 40.2 Å². The van der Waals surface area contributed by atoms with Crippen LogP contribution in [0.4, 0.5) is 23.3 Å². The van der Waals surface area contributed by atoms with Crippen molar-refractivity contribution in [2.24, 2.45) is 5.92 Å². The molecule has 29 nitrogen and oxygen atoms in total. The lowest BCUT2D eigenvalue weighted by atomic mass is 9.73. The molecule has 4 saturated carbocycles. The number of hydrogen-bond acceptors (Lipinski definition) is 22. The SMILES string of the molecule is CCCN(CC1CC1)S(=O)(=O)c1ccc(-c2cccc(NC(=O)C3(c4ccc5c(c4)OCO5)CC3)n2)cc1.CNS(=O)(=O)c1ccc(-c2cccc(NC(=O)C3(c4ccc(OC)cc4)CCCC3)n2)cc1.COc1ccc(C2(C(=O)Nc3cccc(-c4ccc(CNSC)cc4)n3)CCOCC2)cc1.COc1ccccc1-c1cnc(NC(=O)C2(c3ccc4c(c3)OCO4)CC2)c(C)c1.O.O.[HH].[HH]. The van der Waals surface area contributed by atoms with Gasteiger partial charge < -0.3 is 70.1 Å². The Morgan fingerprint density at radius 1 is 0.478 bits per heavy atom. The van der Waals surface area contributed by atoms with E-state index in [0.29, 0.717) is 102 Å². The number of carbonyl (C=O) groups excluding carboxylic acids is 4. The van der Waals surface area contributed by atoms with Gasteiger partial charge in [-0.1, -0.05) is 153 Å². The molecule has 1 saturated heterocycles. The number of aryl methyl sites for hydroxylation is 1. The number of carbonyl (C=O) groups is 4. The minimum atomic E-state index is -3.54. The average molecular weight is 1910 g/mol. The van der Waals surface area contributed by atoms with Gasteiger partial charge in [0.2, 0.25) is 57.3 Å². The predicted molar refractivity (Wildman–Crippen MR) is 529 cm³/mol. The smallest absolute Gasteiger partial charge is 0.243 e. The summed E-state index contributed by atoms with van der Waals surface area (Å²) < 4.78 is 101. The van der Waals surface area contributed by atoms with E-state index in [1.165, 1.54) is 24.7 Å². The minimum absolute atomic E-state index is 0. The molecule has 5 fully saturated rings. The van der Waals surface area contributed by atoms with Gasteiger partial charge in [-0.3, -0.25) is 23.9 Å². The standard InChI is InChI=1S/C29H31N3O5S.C26H29N3O3S.C25H27N3O4S.C24H22N2O4.2H2O.2H2/c1-2-16-32(18-20-6-7-20)38(34,35)23-11-8-21(9-12-23)24-4-3-5-27(30-24)31-28(33)29(14-15-29)22-10-13-25-26(17-22)37-19-36-25;1-31-22-12-10-21(11-13-22)26(14-16-32-17-15-26)25(30)29-24-5-3-4-23(28-24)20-8-6-19(7-9-20)18-27-33-2;1-26-33(30,31)21-14-8-18(9-15-21)22-6-5-7-23(27-22)28-24(29)25(16-3-4-17-25)19-10-12-20(32-2)13-11-19;1-15-11-16(18-5-3-4-6-19(18)28-2)13-25-22(15)26-23(27)24(9-10-24)17-7-8-20-21(12-17)30-14-29-20;;;;/h3-5,8-13,17,20H,2,6-7,14-16,18-19H2,1H3,(H,30,31,33);3-13,27H,14-18H2,1-2H3,(H,28,29,30);5-15,26H,3-4,16-17H2,1-2H3,(H,27,28,29);3-8,11-13H,9-10,14H2,1-2H3,(H,25,26,27);2*1H2;2*1H. The van der Waals surface area contributed by atoms with Crippen molar-refractivity contribution in [1.29, 1.82) is 0 Å². The Kier molecular flexibility index (Phi) is 31.7. The quantitative estimate of drug-likeness (QED) is 0.0228. The maximum absolute atomic E-state index is 13.6. The fourth-order valence-electron chi connectivity index (χ4n) is 17.4. The molecule has 0 radical (unpaired) electrons. The monoisotopic (exact) mass is 1900 g/mol. The van der Waals surface area contributed by atoms with Crippen molar-refractivity contribution in [1.82, 2.24) is 33.7 Å². The van der Waals surface area contributed by atoms with E-state index in [1.54, 1.807) is 92.3 Å². The Bertz CT molecular complexity index is 6470. The maximum atomic E-state index is 13.6. The first-order valence-electron chi connectivity index (χ1n) is 45.0. The second-order valence-corrected chi connectivity index (χ2v) is 38.7. The van der Waals surface area contributed by atoms with Gasteiger partial charge in [0.1, 0.15) is 40.5 Å². The largest absolute Gasteiger partial charge is 0.497 e. The number of pyridine rings is 4. The number of ether oxygens (including phenoxy) is 8. The highest BCUT2D eigenvalue weighted by atomic mass is 32.2. The molecule has 0 atom stereocenters. The molecule has 7 heterocycles. The summed E-state index contributed by atoms with van der Waals surface area (Å²) in [4.78, 5) is 72.5. The molecule has 19 rings (SSSR count). The third kappa shape index (κ3) is 22.3. The number of hydrogen-bond donors (Lipinski definition) is 6. The van der Waals surface area contributed by atoms with E-state index in [2.05, 4.69) is 69.9 Å². The number of sulfonamides is 2. The number of aromatic nitrogens is 4. The summed E-state index contributed by atoms with van der Waals surface area (Å²) in [7, 11) is -0.757. The highest BCUT2D eigenvalue weighted by Crippen LogP contribution is 2.53. The van der Waals surface area contributed by atoms with E-state index in [9.17, 15) is 36.0 Å². The van der Waals surface area contributed by atoms with E-state index in [-0.39, 0.29) is 55.9 Å². The molecule has 12 aromatic rings. The summed E-state index contributed by atoms with van der Waals surface area (Å²) in [5.41, 5.74) is 10.1. The number of amides is 4. The number of rotatable bonds is 30. The third-order valence-electron chi connectivity index (χ3n) is 25.7. The second-order valence-electron chi connectivity index (χ2n) is 34.2. The van der Waals surface area contributed by atoms with Gasteiger partial charge in [0.25, 0.3) is 0 Å². The number of nitrogens with one attached hydrogen (secondary N) is 6. The van der Waals surface area contributed by atoms with Crippen LogP contribution in [0.25, 0.3) is 44.9 Å². The van der Waals surface area contributed by atoms with E-state index in [4.69, 9.17) is 42.9 Å². The lowest BCUT2D eigenvalue weighted by Gasteiger charge is -2.36. The zero-order chi connectivity index (χ0) is 93.6. The first kappa shape index (κ1) is 98.8. The molecule has 4 aliphatic carbocycles. The zero-order valence-corrected chi connectivity index (χ0v) is 79.3. The van der Waals surface area contributed by atoms with Gasteiger partial charge in [-0.2, -0.15) is 4.31 Å². The molecule has 0 bridgehead atoms. The highest BCUT2D eigenvalue weighted by Gasteiger charge is 2.54. The maximum Gasteiger partial charge on any atom is 0.243 e. The Morgan fingerprint density at radius 3 is 1.35 bits per heavy atom. The summed E-state index contributed by atoms with van der Waals surface area (Å²) in [6, 6.07) is 74.8. The van der Waals surface area contributed by atoms with Crippen LogP contribution in [0.1, 0.15) is 127 Å². The molecule has 4 amide bonds. The van der Waals surface area contributed by atoms with E-state index >= 15 is 0 Å². The first-order chi connectivity index (χ1) is 65.0. The van der Waals surface area contributed by atoms with Crippen LogP contribution in [0.2, 0.25) is 0 Å². The highest BCUT2D eigenvalue weighted by molar-refractivity contribution is 7.96. The van der Waals surface area contributed by atoms with Crippen LogP contribution in [0.3, 0.4) is 0 Å². The number of para-hydroxylation sites is 1. The molecule has 7 aliphatic rings. The summed E-state index contributed by atoms with van der Waals surface area (Å²) in [5.74, 6) is 7.35. The molecule has 8 aromatic carbocycles. The third-order valence-corrected chi connectivity index (χ3v) is 29.4. The number of anilines is 4. The van der Waals surface area contributed by atoms with E-state index in [1.807, 2.05) is 178 Å². The molecule has 136 heavy (non-hydrogen) atoms. The lowest BCUT2D eigenvalue weighted by molar-refractivity contribution is -0.125. The number of benzene rings is 8. The molecule has 10 N–H and O–H groups in total. The summed E-state index contributed by atoms with van der Waals surface area (Å²) >= 11 is 1.60. The van der Waals surface area contributed by atoms with Crippen LogP contribution in [-0.2, 0) is 72.2 Å². The molecule has 4 aromatic heterocycles. The fourth-order valence-corrected chi connectivity index (χ4v) is 20.0. The van der Waals surface area contributed by atoms with E-state index in [0.717, 1.165) is 162 Å². The summed E-state index contributed by atoms with van der Waals surface area (Å²) in [5, 5.41) is 12.1. The Labute approximate surface area is 799 Å². The molecular formula is C104H117N11O18S3. The van der Waals surface area contributed by atoms with Crippen molar-refractivity contribution in [2.45, 2.75) is 135 Å². The number of nitrogens with zero attached hydrogens (tertiary/aromatic N) is 5. The van der Waals surface area contributed by atoms with Crippen molar-refractivity contribution in [2.75, 3.05) is 95.8 Å². The van der Waals surface area contributed by atoms with Gasteiger partial charge in [0.05, 0.1) is 69.9 Å². The number of fused-ring (bicyclic) bond motifs is 2. The molecular weight excluding hydrogens is 1790 g/mol. The van der Waals surface area contributed by atoms with Gasteiger partial charge in [0.15, 0.2) is 23.0 Å². The molecule has 0 spiro atoms. The van der Waals surface area contributed by atoms with Crippen LogP contribution in [0, 0.1) is 12.8 Å². The van der Waals surface area contributed by atoms with Crippen LogP contribution >= 0.6 is 11.9 Å². The van der Waals surface area contributed by atoms with Crippen molar-refractivity contribution in [3.05, 3.63) is 282 Å². The van der Waals surface area contributed by atoms with Crippen molar-refractivity contribution in [3.8, 4) is 85.1 Å². The van der Waals surface area contributed by atoms with Crippen molar-refractivity contribution < 1.29 is 87.7 Å². The van der Waals surface area contributed by atoms with Crippen molar-refractivity contribution >= 4 is 78.9 Å². The van der Waals surface area contributed by atoms with Gasteiger partial charge in [-0.15, -0.1) is 0 Å². The first-order valence-corrected chi connectivity index (χ1v) is 49.1. The Hall–Kier alpha value is -13.2. The van der Waals surface area contributed by atoms with Crippen molar-refractivity contribution in [3.63, 3.8) is 0 Å². The van der Waals surface area contributed by atoms with Crippen LogP contribution in [0.15, 0.2) is 259 Å². The predicted octanol–water partition coefficient (Wildman–Crippen LogP) is 17.2. The summed E-state index contributed by atoms with van der Waals surface area (Å²) in [6.07, 6.45) is 14.7. The lowest BCUT2D eigenvalue weighted by Crippen LogP contribution is -2.45. The average Bonchev–Trinajstić information content (AvgIpc) is 1.60. The minimum Gasteiger partial charge on any atom is -0.497 e. The van der Waals surface area contributed by atoms with Gasteiger partial charge >= 0.3 is 0 Å². The van der Waals surface area contributed by atoms with Gasteiger partial charge in [-0.05, 0) is 251 Å². The normalized spacial score (nSPS) is 15.6. The second kappa shape index (κ2) is 43.7. The molecule has 714 valence electrons. The zero-order valence-electron chi connectivity index (χ0n) is 76.9. The topological polar surface area (TPSA) is 400 Å². The Morgan fingerprint density at radius 2 is 0.912 bits per heavy atom. The van der Waals surface area contributed by atoms with Gasteiger partial charge in [0, 0.05) is 69.7 Å². The van der Waals surface area contributed by atoms with Crippen LogP contribution in [-0.4, -0.2) is 150 Å². The molecule has 0 unspecified atom stereocenters. The van der Waals surface area contributed by atoms with Gasteiger partial charge in [-0.25, -0.2) is 41.5 Å². The molecule has 32 heteroatoms. The Balaban J connectivity index is 0.000000164. The molecule has 3 aliphatic heterocycles. The van der Waals surface area contributed by atoms with E-state index < -0.39 is 41.7 Å². The van der Waals surface area contributed by atoms with Crippen LogP contribution < -0.4 is 63.9 Å². The fraction of sp³-hybridized carbons (Fsp3) is 0.308. The summed E-state index contributed by atoms with van der Waals surface area (Å²) in [6.45, 7) is 7.38. The number of methoxy groups -OCH3 is 3.